The van der Waals surface area contributed by atoms with Gasteiger partial charge in [0.05, 0.1) is 11.6 Å². The van der Waals surface area contributed by atoms with Crippen molar-refractivity contribution in [1.29, 1.82) is 5.26 Å². The van der Waals surface area contributed by atoms with E-state index in [1.165, 1.54) is 6.42 Å². The number of hydrogen-bond acceptors (Lipinski definition) is 5. The highest BCUT2D eigenvalue weighted by Crippen LogP contribution is 2.25. The van der Waals surface area contributed by atoms with Crippen molar-refractivity contribution in [3.63, 3.8) is 0 Å². The number of carbonyl (C=O) groups is 1. The number of benzene rings is 2. The fourth-order valence-electron chi connectivity index (χ4n) is 3.64. The lowest BCUT2D eigenvalue weighted by Crippen LogP contribution is -2.31. The summed E-state index contributed by atoms with van der Waals surface area (Å²) in [5, 5.41) is 23.8. The van der Waals surface area contributed by atoms with Crippen molar-refractivity contribution in [2.24, 2.45) is 0 Å². The van der Waals surface area contributed by atoms with E-state index in [1.54, 1.807) is 24.3 Å². The van der Waals surface area contributed by atoms with E-state index >= 15 is 0 Å². The summed E-state index contributed by atoms with van der Waals surface area (Å²) in [5.74, 6) is 1.78. The molecule has 2 heterocycles. The Morgan fingerprint density at radius 2 is 1.93 bits per heavy atom. The van der Waals surface area contributed by atoms with E-state index in [0.717, 1.165) is 48.7 Å². The highest BCUT2D eigenvalue weighted by molar-refractivity contribution is 5.96. The first-order valence-electron chi connectivity index (χ1n) is 10.2. The number of fused-ring (bicyclic) bond motifs is 1. The maximum atomic E-state index is 12.5. The monoisotopic (exact) mass is 400 g/mol. The van der Waals surface area contributed by atoms with Gasteiger partial charge in [-0.15, -0.1) is 10.2 Å². The van der Waals surface area contributed by atoms with Crippen LogP contribution in [0.5, 0.6) is 0 Å². The van der Waals surface area contributed by atoms with Crippen LogP contribution in [0.25, 0.3) is 11.4 Å². The van der Waals surface area contributed by atoms with Crippen LogP contribution in [0.2, 0.25) is 0 Å². The normalized spacial score (nSPS) is 14.1. The van der Waals surface area contributed by atoms with E-state index in [2.05, 4.69) is 31.5 Å². The van der Waals surface area contributed by atoms with Crippen molar-refractivity contribution < 1.29 is 4.79 Å². The van der Waals surface area contributed by atoms with Gasteiger partial charge in [0.25, 0.3) is 0 Å². The third-order valence-electron chi connectivity index (χ3n) is 5.29. The van der Waals surface area contributed by atoms with Crippen LogP contribution in [0.3, 0.4) is 0 Å². The first-order valence-corrected chi connectivity index (χ1v) is 10.2. The molecule has 30 heavy (non-hydrogen) atoms. The summed E-state index contributed by atoms with van der Waals surface area (Å²) in [7, 11) is 0. The van der Waals surface area contributed by atoms with Gasteiger partial charge in [-0.05, 0) is 56.2 Å². The summed E-state index contributed by atoms with van der Waals surface area (Å²) in [6.45, 7) is 2.76. The summed E-state index contributed by atoms with van der Waals surface area (Å²) in [4.78, 5) is 12.5. The number of nitrogens with zero attached hydrogens (tertiary/aromatic N) is 4. The lowest BCUT2D eigenvalue weighted by atomic mass is 10.1. The molecule has 1 aliphatic rings. The quantitative estimate of drug-likeness (QED) is 0.675. The van der Waals surface area contributed by atoms with E-state index in [-0.39, 0.29) is 5.91 Å². The Kier molecular flexibility index (Phi) is 5.75. The minimum Gasteiger partial charge on any atom is -0.374 e. The Labute approximate surface area is 175 Å². The van der Waals surface area contributed by atoms with E-state index in [4.69, 9.17) is 5.26 Å². The summed E-state index contributed by atoms with van der Waals surface area (Å²) in [6.07, 6.45) is 4.49. The van der Waals surface area contributed by atoms with Crippen molar-refractivity contribution in [3.05, 3.63) is 59.9 Å². The lowest BCUT2D eigenvalue weighted by molar-refractivity contribution is -0.116. The van der Waals surface area contributed by atoms with Gasteiger partial charge in [-0.1, -0.05) is 18.6 Å². The summed E-state index contributed by atoms with van der Waals surface area (Å²) >= 11 is 0. The fraction of sp³-hybridized carbons (Fsp3) is 0.304. The third kappa shape index (κ3) is 4.33. The maximum Gasteiger partial charge on any atom is 0.246 e. The number of nitriles is 1. The van der Waals surface area contributed by atoms with E-state index in [1.807, 2.05) is 31.2 Å². The molecular weight excluding hydrogens is 376 g/mol. The predicted octanol–water partition coefficient (Wildman–Crippen LogP) is 3.98. The minimum absolute atomic E-state index is 0.151. The number of amides is 1. The molecule has 0 saturated heterocycles. The molecule has 2 aromatic carbocycles. The molecule has 3 aromatic rings. The van der Waals surface area contributed by atoms with Crippen LogP contribution in [0.15, 0.2) is 48.5 Å². The smallest absolute Gasteiger partial charge is 0.246 e. The van der Waals surface area contributed by atoms with Crippen LogP contribution >= 0.6 is 0 Å². The van der Waals surface area contributed by atoms with E-state index in [9.17, 15) is 4.79 Å². The van der Waals surface area contributed by atoms with Gasteiger partial charge >= 0.3 is 0 Å². The first-order chi connectivity index (χ1) is 14.6. The number of aryl methyl sites for hydroxylation is 1. The Hall–Kier alpha value is -3.66. The third-order valence-corrected chi connectivity index (χ3v) is 5.29. The summed E-state index contributed by atoms with van der Waals surface area (Å²) in [6, 6.07) is 16.4. The lowest BCUT2D eigenvalue weighted by Gasteiger charge is -2.16. The molecule has 7 nitrogen and oxygen atoms in total. The van der Waals surface area contributed by atoms with Gasteiger partial charge in [0.15, 0.2) is 5.82 Å². The van der Waals surface area contributed by atoms with Gasteiger partial charge in [0.1, 0.15) is 11.9 Å². The molecule has 0 radical (unpaired) electrons. The summed E-state index contributed by atoms with van der Waals surface area (Å²) < 4.78 is 2.22. The van der Waals surface area contributed by atoms with Crippen LogP contribution in [-0.2, 0) is 17.8 Å². The van der Waals surface area contributed by atoms with Gasteiger partial charge in [-0.2, -0.15) is 5.26 Å². The number of nitrogens with one attached hydrogen (secondary N) is 2. The number of rotatable bonds is 5. The predicted molar refractivity (Wildman–Crippen MR) is 116 cm³/mol. The Balaban J connectivity index is 1.46. The highest BCUT2D eigenvalue weighted by Gasteiger charge is 2.17. The molecule has 0 unspecified atom stereocenters. The fourth-order valence-corrected chi connectivity index (χ4v) is 3.64. The summed E-state index contributed by atoms with van der Waals surface area (Å²) in [5.41, 5.74) is 3.05. The van der Waals surface area contributed by atoms with E-state index in [0.29, 0.717) is 11.3 Å². The van der Waals surface area contributed by atoms with Crippen molar-refractivity contribution >= 4 is 17.3 Å². The van der Waals surface area contributed by atoms with Crippen LogP contribution in [0.4, 0.5) is 11.4 Å². The largest absolute Gasteiger partial charge is 0.374 e. The van der Waals surface area contributed by atoms with Crippen molar-refractivity contribution in [1.82, 2.24) is 14.8 Å². The Morgan fingerprint density at radius 1 is 1.10 bits per heavy atom. The topological polar surface area (TPSA) is 95.6 Å². The second-order valence-electron chi connectivity index (χ2n) is 7.53. The molecule has 7 heteroatoms. The molecule has 152 valence electrons. The molecule has 1 amide bonds. The number of aromatic nitrogens is 3. The molecule has 1 aliphatic heterocycles. The van der Waals surface area contributed by atoms with Gasteiger partial charge in [-0.3, -0.25) is 4.79 Å². The van der Waals surface area contributed by atoms with Crippen molar-refractivity contribution in [2.45, 2.75) is 45.2 Å². The molecule has 4 rings (SSSR count). The molecule has 2 N–H and O–H groups in total. The zero-order chi connectivity index (χ0) is 20.9. The molecule has 0 fully saturated rings. The van der Waals surface area contributed by atoms with Gasteiger partial charge in [-0.25, -0.2) is 0 Å². The second kappa shape index (κ2) is 8.78. The van der Waals surface area contributed by atoms with Gasteiger partial charge < -0.3 is 15.2 Å². The molecular formula is C23H24N6O. The van der Waals surface area contributed by atoms with Gasteiger partial charge in [0.2, 0.25) is 5.91 Å². The van der Waals surface area contributed by atoms with E-state index < -0.39 is 6.04 Å². The molecule has 0 bridgehead atoms. The Morgan fingerprint density at radius 3 is 2.73 bits per heavy atom. The molecule has 0 spiro atoms. The van der Waals surface area contributed by atoms with Crippen LogP contribution in [-0.4, -0.2) is 26.7 Å². The number of hydrogen-bond donors (Lipinski definition) is 2. The van der Waals surface area contributed by atoms with Crippen LogP contribution < -0.4 is 10.6 Å². The molecule has 0 saturated carbocycles. The molecule has 1 atom stereocenters. The van der Waals surface area contributed by atoms with Crippen molar-refractivity contribution in [3.8, 4) is 17.5 Å². The molecule has 1 aromatic heterocycles. The standard InChI is InChI=1S/C23H24N6O/c1-16(23(30)26-19-11-9-17(15-24)10-12-19)25-20-7-5-6-18(14-20)22-28-27-21-8-3-2-4-13-29(21)22/h5-7,9-12,14,16,25H,2-4,8,13H2,1H3,(H,26,30)/t16-/m0/s1. The highest BCUT2D eigenvalue weighted by atomic mass is 16.2. The zero-order valence-corrected chi connectivity index (χ0v) is 16.9. The molecule has 0 aliphatic carbocycles. The first kappa shape index (κ1) is 19.6. The zero-order valence-electron chi connectivity index (χ0n) is 16.9. The number of carbonyl (C=O) groups excluding carboxylic acids is 1. The van der Waals surface area contributed by atoms with Crippen LogP contribution in [0, 0.1) is 11.3 Å². The number of anilines is 2. The average Bonchev–Trinajstić information content (AvgIpc) is 3.02. The van der Waals surface area contributed by atoms with Crippen molar-refractivity contribution in [2.75, 3.05) is 10.6 Å². The SMILES string of the molecule is C[C@H](Nc1cccc(-c2nnc3n2CCCCC3)c1)C(=O)Nc1ccc(C#N)cc1. The maximum absolute atomic E-state index is 12.5. The minimum atomic E-state index is -0.439. The van der Waals surface area contributed by atoms with Gasteiger partial charge in [0, 0.05) is 29.9 Å². The second-order valence-corrected chi connectivity index (χ2v) is 7.53. The van der Waals surface area contributed by atoms with Crippen LogP contribution in [0.1, 0.15) is 37.6 Å². The Bertz CT molecular complexity index is 1080. The average molecular weight is 400 g/mol.